The van der Waals surface area contributed by atoms with Crippen LogP contribution in [0, 0.1) is 6.92 Å². The SMILES string of the molecule is Cc1nn(-c2nccs2)c2c1CNCC2. The molecule has 0 amide bonds. The Morgan fingerprint density at radius 1 is 1.53 bits per heavy atom. The summed E-state index contributed by atoms with van der Waals surface area (Å²) < 4.78 is 2.00. The molecular weight excluding hydrogens is 208 g/mol. The number of aromatic nitrogens is 3. The van der Waals surface area contributed by atoms with Gasteiger partial charge >= 0.3 is 0 Å². The van der Waals surface area contributed by atoms with Crippen LogP contribution in [-0.4, -0.2) is 21.3 Å². The molecule has 0 fully saturated rings. The maximum absolute atomic E-state index is 4.56. The molecule has 1 aliphatic rings. The fourth-order valence-electron chi connectivity index (χ4n) is 1.99. The first-order valence-electron chi connectivity index (χ1n) is 5.04. The molecule has 0 saturated heterocycles. The number of hydrogen-bond donors (Lipinski definition) is 1. The van der Waals surface area contributed by atoms with E-state index in [0.717, 1.165) is 30.3 Å². The van der Waals surface area contributed by atoms with Crippen molar-refractivity contribution in [1.82, 2.24) is 20.1 Å². The summed E-state index contributed by atoms with van der Waals surface area (Å²) in [5.41, 5.74) is 3.78. The zero-order valence-corrected chi connectivity index (χ0v) is 9.34. The second-order valence-corrected chi connectivity index (χ2v) is 4.54. The van der Waals surface area contributed by atoms with Gasteiger partial charge in [-0.1, -0.05) is 0 Å². The third-order valence-electron chi connectivity index (χ3n) is 2.73. The highest BCUT2D eigenvalue weighted by Crippen LogP contribution is 2.22. The molecule has 0 bridgehead atoms. The normalized spacial score (nSPS) is 15.3. The summed E-state index contributed by atoms with van der Waals surface area (Å²) in [5.74, 6) is 0. The van der Waals surface area contributed by atoms with E-state index in [0.29, 0.717) is 0 Å². The van der Waals surface area contributed by atoms with Crippen molar-refractivity contribution in [3.8, 4) is 5.13 Å². The van der Waals surface area contributed by atoms with Crippen LogP contribution in [0.3, 0.4) is 0 Å². The van der Waals surface area contributed by atoms with Gasteiger partial charge in [-0.05, 0) is 6.92 Å². The lowest BCUT2D eigenvalue weighted by Crippen LogP contribution is -2.24. The number of nitrogens with one attached hydrogen (secondary N) is 1. The topological polar surface area (TPSA) is 42.7 Å². The zero-order chi connectivity index (χ0) is 10.3. The van der Waals surface area contributed by atoms with Crippen LogP contribution in [-0.2, 0) is 13.0 Å². The Labute approximate surface area is 92.0 Å². The van der Waals surface area contributed by atoms with Crippen LogP contribution in [0.15, 0.2) is 11.6 Å². The molecule has 78 valence electrons. The average Bonchev–Trinajstić information content (AvgIpc) is 2.87. The summed E-state index contributed by atoms with van der Waals surface area (Å²) in [6, 6.07) is 0. The van der Waals surface area contributed by atoms with Crippen LogP contribution < -0.4 is 5.32 Å². The Morgan fingerprint density at radius 2 is 2.47 bits per heavy atom. The standard InChI is InChI=1S/C10H12N4S/c1-7-8-6-11-3-2-9(8)14(13-7)10-12-4-5-15-10/h4-5,11H,2-3,6H2,1H3. The molecule has 0 aliphatic carbocycles. The van der Waals surface area contributed by atoms with Crippen LogP contribution in [0.5, 0.6) is 0 Å². The Bertz CT molecular complexity index is 472. The summed E-state index contributed by atoms with van der Waals surface area (Å²) in [7, 11) is 0. The van der Waals surface area contributed by atoms with Crippen LogP contribution >= 0.6 is 11.3 Å². The minimum absolute atomic E-state index is 0.937. The molecule has 1 aliphatic heterocycles. The molecule has 4 nitrogen and oxygen atoms in total. The van der Waals surface area contributed by atoms with Crippen molar-refractivity contribution in [1.29, 1.82) is 0 Å². The van der Waals surface area contributed by atoms with Gasteiger partial charge in [0.1, 0.15) is 0 Å². The molecule has 0 atom stereocenters. The van der Waals surface area contributed by atoms with Gasteiger partial charge in [0, 0.05) is 36.7 Å². The van der Waals surface area contributed by atoms with Crippen LogP contribution in [0.1, 0.15) is 17.0 Å². The van der Waals surface area contributed by atoms with E-state index in [4.69, 9.17) is 0 Å². The predicted octanol–water partition coefficient (Wildman–Crippen LogP) is 1.28. The molecule has 3 heterocycles. The predicted molar refractivity (Wildman–Crippen MR) is 59.4 cm³/mol. The first kappa shape index (κ1) is 9.06. The highest BCUT2D eigenvalue weighted by molar-refractivity contribution is 7.12. The molecule has 15 heavy (non-hydrogen) atoms. The van der Waals surface area contributed by atoms with Gasteiger partial charge in [-0.2, -0.15) is 5.10 Å². The lowest BCUT2D eigenvalue weighted by molar-refractivity contribution is 0.622. The van der Waals surface area contributed by atoms with E-state index in [1.54, 1.807) is 11.3 Å². The van der Waals surface area contributed by atoms with Gasteiger partial charge in [0.05, 0.1) is 11.4 Å². The van der Waals surface area contributed by atoms with E-state index in [-0.39, 0.29) is 0 Å². The minimum atomic E-state index is 0.937. The van der Waals surface area contributed by atoms with E-state index >= 15 is 0 Å². The van der Waals surface area contributed by atoms with E-state index in [1.807, 2.05) is 16.3 Å². The molecule has 0 aromatic carbocycles. The van der Waals surface area contributed by atoms with Gasteiger partial charge in [-0.25, -0.2) is 9.67 Å². The number of aryl methyl sites for hydroxylation is 1. The average molecular weight is 220 g/mol. The lowest BCUT2D eigenvalue weighted by atomic mass is 10.1. The van der Waals surface area contributed by atoms with Crippen molar-refractivity contribution in [2.24, 2.45) is 0 Å². The first-order chi connectivity index (χ1) is 7.36. The maximum atomic E-state index is 4.56. The second kappa shape index (κ2) is 3.43. The summed E-state index contributed by atoms with van der Waals surface area (Å²) >= 11 is 1.63. The highest BCUT2D eigenvalue weighted by Gasteiger charge is 2.19. The molecule has 0 radical (unpaired) electrons. The highest BCUT2D eigenvalue weighted by atomic mass is 32.1. The Balaban J connectivity index is 2.16. The molecule has 5 heteroatoms. The van der Waals surface area contributed by atoms with E-state index < -0.39 is 0 Å². The van der Waals surface area contributed by atoms with Crippen LogP contribution in [0.4, 0.5) is 0 Å². The molecule has 0 unspecified atom stereocenters. The lowest BCUT2D eigenvalue weighted by Gasteiger charge is -2.14. The quantitative estimate of drug-likeness (QED) is 0.787. The van der Waals surface area contributed by atoms with E-state index in [2.05, 4.69) is 22.3 Å². The summed E-state index contributed by atoms with van der Waals surface area (Å²) in [4.78, 5) is 4.31. The number of nitrogens with zero attached hydrogens (tertiary/aromatic N) is 3. The second-order valence-electron chi connectivity index (χ2n) is 3.66. The fraction of sp³-hybridized carbons (Fsp3) is 0.400. The van der Waals surface area contributed by atoms with Crippen molar-refractivity contribution in [3.05, 3.63) is 28.5 Å². The summed E-state index contributed by atoms with van der Waals surface area (Å²) in [6.45, 7) is 4.03. The maximum Gasteiger partial charge on any atom is 0.210 e. The van der Waals surface area contributed by atoms with Gasteiger partial charge in [-0.3, -0.25) is 0 Å². The number of hydrogen-bond acceptors (Lipinski definition) is 4. The van der Waals surface area contributed by atoms with Crippen molar-refractivity contribution in [2.45, 2.75) is 19.9 Å². The fourth-order valence-corrected chi connectivity index (χ4v) is 2.61. The van der Waals surface area contributed by atoms with Gasteiger partial charge in [-0.15, -0.1) is 11.3 Å². The van der Waals surface area contributed by atoms with Crippen LogP contribution in [0.2, 0.25) is 0 Å². The van der Waals surface area contributed by atoms with Gasteiger partial charge in [0.25, 0.3) is 0 Å². The summed E-state index contributed by atoms with van der Waals surface area (Å²) in [5, 5.41) is 10.9. The molecular formula is C10H12N4S. The largest absolute Gasteiger partial charge is 0.312 e. The third kappa shape index (κ3) is 1.39. The van der Waals surface area contributed by atoms with E-state index in [1.165, 1.54) is 11.3 Å². The Morgan fingerprint density at radius 3 is 3.27 bits per heavy atom. The zero-order valence-electron chi connectivity index (χ0n) is 8.53. The third-order valence-corrected chi connectivity index (χ3v) is 3.48. The van der Waals surface area contributed by atoms with Crippen molar-refractivity contribution in [3.63, 3.8) is 0 Å². The number of rotatable bonds is 1. The molecule has 2 aromatic rings. The monoisotopic (exact) mass is 220 g/mol. The van der Waals surface area contributed by atoms with Gasteiger partial charge in [0.2, 0.25) is 5.13 Å². The van der Waals surface area contributed by atoms with Gasteiger partial charge in [0.15, 0.2) is 0 Å². The van der Waals surface area contributed by atoms with Gasteiger partial charge < -0.3 is 5.32 Å². The van der Waals surface area contributed by atoms with E-state index in [9.17, 15) is 0 Å². The minimum Gasteiger partial charge on any atom is -0.312 e. The molecule has 3 rings (SSSR count). The van der Waals surface area contributed by atoms with Crippen molar-refractivity contribution < 1.29 is 0 Å². The van der Waals surface area contributed by atoms with Crippen molar-refractivity contribution in [2.75, 3.05) is 6.54 Å². The smallest absolute Gasteiger partial charge is 0.210 e. The van der Waals surface area contributed by atoms with Crippen molar-refractivity contribution >= 4 is 11.3 Å². The van der Waals surface area contributed by atoms with Crippen LogP contribution in [0.25, 0.3) is 5.13 Å². The molecule has 0 spiro atoms. The Hall–Kier alpha value is -1.20. The summed E-state index contributed by atoms with van der Waals surface area (Å²) in [6.07, 6.45) is 2.86. The first-order valence-corrected chi connectivity index (χ1v) is 5.92. The Kier molecular flexibility index (Phi) is 2.07. The molecule has 1 N–H and O–H groups in total. The molecule has 0 saturated carbocycles. The number of thiazole rings is 1. The molecule has 2 aromatic heterocycles. The number of fused-ring (bicyclic) bond motifs is 1.